The Kier molecular flexibility index (Phi) is 5.39. The number of nitrogens with one attached hydrogen (secondary N) is 1. The smallest absolute Gasteiger partial charge is 0.260 e. The van der Waals surface area contributed by atoms with Gasteiger partial charge in [-0.25, -0.2) is 9.97 Å². The number of hydrogen-bond acceptors (Lipinski definition) is 7. The molecule has 0 bridgehead atoms. The van der Waals surface area contributed by atoms with Crippen molar-refractivity contribution in [2.75, 3.05) is 7.11 Å². The summed E-state index contributed by atoms with van der Waals surface area (Å²) < 4.78 is 7.32. The number of benzene rings is 1. The van der Waals surface area contributed by atoms with Crippen molar-refractivity contribution in [1.29, 1.82) is 0 Å². The molecule has 5 rings (SSSR count). The van der Waals surface area contributed by atoms with E-state index in [2.05, 4.69) is 29.0 Å². The van der Waals surface area contributed by atoms with Crippen molar-refractivity contribution in [2.24, 2.45) is 0 Å². The third kappa shape index (κ3) is 3.91. The van der Waals surface area contributed by atoms with Crippen LogP contribution in [0.2, 0.25) is 0 Å². The minimum Gasteiger partial charge on any atom is -0.497 e. The van der Waals surface area contributed by atoms with E-state index in [1.165, 1.54) is 28.0 Å². The zero-order valence-corrected chi connectivity index (χ0v) is 19.2. The molecule has 1 aromatic carbocycles. The molecule has 0 aliphatic carbocycles. The summed E-state index contributed by atoms with van der Waals surface area (Å²) in [5, 5.41) is 3.50. The Morgan fingerprint density at radius 3 is 2.97 bits per heavy atom. The normalized spacial score (nSPS) is 11.3. The first-order valence-corrected chi connectivity index (χ1v) is 12.2. The van der Waals surface area contributed by atoms with Gasteiger partial charge in [-0.15, -0.1) is 22.7 Å². The number of rotatable bonds is 6. The van der Waals surface area contributed by atoms with Crippen LogP contribution in [0.15, 0.2) is 64.1 Å². The number of ether oxygens (including phenoxy) is 1. The average Bonchev–Trinajstić information content (AvgIpc) is 3.51. The van der Waals surface area contributed by atoms with Crippen molar-refractivity contribution in [3.05, 3.63) is 75.2 Å². The lowest BCUT2D eigenvalue weighted by atomic mass is 10.2. The molecule has 0 aliphatic heterocycles. The first-order chi connectivity index (χ1) is 15.1. The van der Waals surface area contributed by atoms with E-state index in [-0.39, 0.29) is 5.56 Å². The van der Waals surface area contributed by atoms with Crippen LogP contribution in [-0.4, -0.2) is 26.6 Å². The molecule has 0 atom stereocenters. The molecule has 0 saturated heterocycles. The topological polar surface area (TPSA) is 72.8 Å². The number of imidazole rings is 1. The Balaban J connectivity index is 1.41. The van der Waals surface area contributed by atoms with Crippen LogP contribution < -0.4 is 10.3 Å². The van der Waals surface area contributed by atoms with Gasteiger partial charge in [0.05, 0.1) is 23.9 Å². The molecule has 4 heterocycles. The number of aromatic nitrogens is 4. The van der Waals surface area contributed by atoms with Crippen molar-refractivity contribution in [3.8, 4) is 21.9 Å². The summed E-state index contributed by atoms with van der Waals surface area (Å²) in [4.78, 5) is 28.1. The molecule has 9 heteroatoms. The quantitative estimate of drug-likeness (QED) is 0.334. The molecule has 0 amide bonds. The molecule has 0 unspecified atom stereocenters. The van der Waals surface area contributed by atoms with Crippen molar-refractivity contribution in [1.82, 2.24) is 19.5 Å². The summed E-state index contributed by atoms with van der Waals surface area (Å²) in [6.45, 7) is 2.07. The maximum atomic E-state index is 12.9. The van der Waals surface area contributed by atoms with Crippen LogP contribution in [0, 0.1) is 6.92 Å². The molecule has 0 saturated carbocycles. The molecule has 4 aromatic heterocycles. The van der Waals surface area contributed by atoms with E-state index in [0.717, 1.165) is 31.9 Å². The average molecular weight is 467 g/mol. The minimum absolute atomic E-state index is 0.0981. The Labute approximate surface area is 190 Å². The standard InChI is InChI=1S/C22H18N4O2S3/c1-13-6-7-17(31-13)16-11-29-21-19(16)20(27)24-18(25-21)12-30-22-23-8-9-26(22)14-4-3-5-15(10-14)28-2/h3-11H,12H2,1-2H3,(H,24,25,27). The SMILES string of the molecule is COc1cccc(-n2ccnc2SCc2nc3scc(-c4ccc(C)s4)c3c(=O)[nH]2)c1. The Bertz CT molecular complexity index is 1430. The molecule has 0 radical (unpaired) electrons. The summed E-state index contributed by atoms with van der Waals surface area (Å²) in [6, 6.07) is 11.9. The summed E-state index contributed by atoms with van der Waals surface area (Å²) in [6.07, 6.45) is 3.67. The second kappa shape index (κ2) is 8.33. The van der Waals surface area contributed by atoms with Crippen molar-refractivity contribution in [3.63, 3.8) is 0 Å². The number of nitrogens with zero attached hydrogens (tertiary/aromatic N) is 3. The Hall–Kier alpha value is -2.88. The maximum absolute atomic E-state index is 12.9. The van der Waals surface area contributed by atoms with Gasteiger partial charge in [-0.1, -0.05) is 17.8 Å². The number of thioether (sulfide) groups is 1. The van der Waals surface area contributed by atoms with Gasteiger partial charge in [-0.2, -0.15) is 0 Å². The van der Waals surface area contributed by atoms with Crippen LogP contribution in [0.25, 0.3) is 26.3 Å². The van der Waals surface area contributed by atoms with Gasteiger partial charge in [0.2, 0.25) is 0 Å². The van der Waals surface area contributed by atoms with Crippen LogP contribution in [0.4, 0.5) is 0 Å². The second-order valence-corrected chi connectivity index (χ2v) is 9.91. The van der Waals surface area contributed by atoms with Crippen LogP contribution in [0.3, 0.4) is 0 Å². The third-order valence-electron chi connectivity index (χ3n) is 4.78. The largest absolute Gasteiger partial charge is 0.497 e. The van der Waals surface area contributed by atoms with E-state index >= 15 is 0 Å². The lowest BCUT2D eigenvalue weighted by molar-refractivity contribution is 0.414. The van der Waals surface area contributed by atoms with Gasteiger partial charge in [0, 0.05) is 39.2 Å². The molecular weight excluding hydrogens is 448 g/mol. The fraction of sp³-hybridized carbons (Fsp3) is 0.136. The second-order valence-electron chi connectivity index (χ2n) is 6.82. The van der Waals surface area contributed by atoms with Crippen molar-refractivity contribution >= 4 is 44.7 Å². The van der Waals surface area contributed by atoms with Gasteiger partial charge < -0.3 is 9.72 Å². The monoisotopic (exact) mass is 466 g/mol. The van der Waals surface area contributed by atoms with E-state index in [4.69, 9.17) is 9.72 Å². The highest BCUT2D eigenvalue weighted by Crippen LogP contribution is 2.35. The van der Waals surface area contributed by atoms with Gasteiger partial charge in [0.1, 0.15) is 16.4 Å². The summed E-state index contributed by atoms with van der Waals surface area (Å²) in [5.74, 6) is 1.93. The number of thiophene rings is 2. The van der Waals surface area contributed by atoms with Gasteiger partial charge in [0.25, 0.3) is 5.56 Å². The lowest BCUT2D eigenvalue weighted by Crippen LogP contribution is -2.10. The van der Waals surface area contributed by atoms with E-state index < -0.39 is 0 Å². The van der Waals surface area contributed by atoms with E-state index in [0.29, 0.717) is 17.0 Å². The first-order valence-electron chi connectivity index (χ1n) is 9.50. The van der Waals surface area contributed by atoms with E-state index in [1.807, 2.05) is 40.4 Å². The number of methoxy groups -OCH3 is 1. The highest BCUT2D eigenvalue weighted by Gasteiger charge is 2.15. The predicted molar refractivity (Wildman–Crippen MR) is 128 cm³/mol. The van der Waals surface area contributed by atoms with Crippen LogP contribution in [0.1, 0.15) is 10.7 Å². The molecule has 1 N–H and O–H groups in total. The Morgan fingerprint density at radius 1 is 1.26 bits per heavy atom. The summed E-state index contributed by atoms with van der Waals surface area (Å²) >= 11 is 4.72. The lowest BCUT2D eigenvalue weighted by Gasteiger charge is -2.09. The molecule has 5 aromatic rings. The van der Waals surface area contributed by atoms with E-state index in [9.17, 15) is 4.79 Å². The van der Waals surface area contributed by atoms with Gasteiger partial charge in [0.15, 0.2) is 5.16 Å². The van der Waals surface area contributed by atoms with Crippen molar-refractivity contribution in [2.45, 2.75) is 17.8 Å². The zero-order valence-electron chi connectivity index (χ0n) is 16.8. The van der Waals surface area contributed by atoms with E-state index in [1.54, 1.807) is 24.6 Å². The molecule has 6 nitrogen and oxygen atoms in total. The van der Waals surface area contributed by atoms with Crippen molar-refractivity contribution < 1.29 is 4.74 Å². The molecule has 31 heavy (non-hydrogen) atoms. The van der Waals surface area contributed by atoms with Crippen LogP contribution >= 0.6 is 34.4 Å². The highest BCUT2D eigenvalue weighted by molar-refractivity contribution is 7.98. The summed E-state index contributed by atoms with van der Waals surface area (Å²) in [7, 11) is 1.65. The third-order valence-corrected chi connectivity index (χ3v) is 7.66. The Morgan fingerprint density at radius 2 is 2.16 bits per heavy atom. The molecule has 156 valence electrons. The van der Waals surface area contributed by atoms with Gasteiger partial charge in [-0.3, -0.25) is 9.36 Å². The van der Waals surface area contributed by atoms with Gasteiger partial charge >= 0.3 is 0 Å². The fourth-order valence-corrected chi connectivity index (χ4v) is 6.07. The number of H-pyrrole nitrogens is 1. The molecule has 0 fully saturated rings. The number of aryl methyl sites for hydroxylation is 1. The predicted octanol–water partition coefficient (Wildman–Crippen LogP) is 5.51. The zero-order chi connectivity index (χ0) is 21.4. The molecular formula is C22H18N4O2S3. The number of fused-ring (bicyclic) bond motifs is 1. The number of aromatic amines is 1. The highest BCUT2D eigenvalue weighted by atomic mass is 32.2. The van der Waals surface area contributed by atoms with Crippen LogP contribution in [-0.2, 0) is 5.75 Å². The van der Waals surface area contributed by atoms with Crippen LogP contribution in [0.5, 0.6) is 5.75 Å². The minimum atomic E-state index is -0.0981. The molecule has 0 spiro atoms. The maximum Gasteiger partial charge on any atom is 0.260 e. The number of hydrogen-bond donors (Lipinski definition) is 1. The summed E-state index contributed by atoms with van der Waals surface area (Å²) in [5.41, 5.74) is 1.82. The van der Waals surface area contributed by atoms with Gasteiger partial charge in [-0.05, 0) is 31.2 Å². The first kappa shape index (κ1) is 20.0. The molecule has 0 aliphatic rings. The fourth-order valence-electron chi connectivity index (χ4n) is 3.31.